The molecule has 0 aromatic heterocycles. The molecule has 0 rings (SSSR count). The second-order valence-corrected chi connectivity index (χ2v) is 14.1. The van der Waals surface area contributed by atoms with E-state index < -0.39 is 12.0 Å². The summed E-state index contributed by atoms with van der Waals surface area (Å²) in [6.45, 7) is 4.91. The molecule has 2 unspecified atom stereocenters. The van der Waals surface area contributed by atoms with E-state index in [1.54, 1.807) is 0 Å². The number of hydrogen-bond acceptors (Lipinski definition) is 5. The third-order valence-corrected chi connectivity index (χ3v) is 9.27. The fraction of sp³-hybridized carbons (Fsp3) is 0.833. The molecule has 1 amide bonds. The van der Waals surface area contributed by atoms with Crippen LogP contribution in [0.25, 0.3) is 0 Å². The van der Waals surface area contributed by atoms with Crippen molar-refractivity contribution in [2.24, 2.45) is 5.73 Å². The Labute approximate surface area is 302 Å². The minimum Gasteiger partial charge on any atom is -0.480 e. The molecule has 2 atom stereocenters. The summed E-state index contributed by atoms with van der Waals surface area (Å²) in [6.07, 6.45) is 40.8. The van der Waals surface area contributed by atoms with Crippen molar-refractivity contribution in [3.05, 3.63) is 24.3 Å². The van der Waals surface area contributed by atoms with Gasteiger partial charge in [-0.15, -0.1) is 0 Å². The first-order chi connectivity index (χ1) is 23.9. The molecule has 0 heterocycles. The van der Waals surface area contributed by atoms with Gasteiger partial charge >= 0.3 is 11.9 Å². The van der Waals surface area contributed by atoms with Crippen molar-refractivity contribution in [1.29, 1.82) is 0 Å². The molecule has 0 aliphatic carbocycles. The number of allylic oxidation sites excluding steroid dienone is 4. The van der Waals surface area contributed by atoms with Crippen LogP contribution in [0.3, 0.4) is 0 Å². The van der Waals surface area contributed by atoms with Crippen LogP contribution in [0, 0.1) is 0 Å². The van der Waals surface area contributed by atoms with E-state index in [0.29, 0.717) is 32.2 Å². The van der Waals surface area contributed by atoms with Crippen molar-refractivity contribution in [1.82, 2.24) is 5.32 Å². The summed E-state index contributed by atoms with van der Waals surface area (Å²) in [6, 6.07) is -0.857. The van der Waals surface area contributed by atoms with Gasteiger partial charge in [0.2, 0.25) is 5.91 Å². The van der Waals surface area contributed by atoms with Crippen LogP contribution in [0.1, 0.15) is 206 Å². The molecule has 286 valence electrons. The molecule has 0 bridgehead atoms. The summed E-state index contributed by atoms with van der Waals surface area (Å²) in [7, 11) is 0. The minimum absolute atomic E-state index is 0.00329. The number of carbonyl (C=O) groups excluding carboxylic acids is 2. The van der Waals surface area contributed by atoms with E-state index in [1.165, 1.54) is 83.5 Å². The number of esters is 1. The maximum absolute atomic E-state index is 12.7. The number of nitrogens with one attached hydrogen (secondary N) is 1. The summed E-state index contributed by atoms with van der Waals surface area (Å²) in [5.74, 6) is -1.25. The summed E-state index contributed by atoms with van der Waals surface area (Å²) in [5, 5.41) is 11.9. The molecule has 7 nitrogen and oxygen atoms in total. The lowest BCUT2D eigenvalue weighted by molar-refractivity contribution is -0.150. The van der Waals surface area contributed by atoms with E-state index in [-0.39, 0.29) is 18.0 Å². The van der Waals surface area contributed by atoms with Crippen molar-refractivity contribution in [2.75, 3.05) is 6.54 Å². The topological polar surface area (TPSA) is 119 Å². The van der Waals surface area contributed by atoms with E-state index in [0.717, 1.165) is 83.5 Å². The molecule has 0 saturated heterocycles. The van der Waals surface area contributed by atoms with E-state index in [2.05, 4.69) is 43.5 Å². The highest BCUT2D eigenvalue weighted by Gasteiger charge is 2.19. The molecule has 49 heavy (non-hydrogen) atoms. The van der Waals surface area contributed by atoms with E-state index in [4.69, 9.17) is 10.5 Å². The average molecular weight is 691 g/mol. The number of rotatable bonds is 37. The Kier molecular flexibility index (Phi) is 35.5. The molecule has 0 aromatic carbocycles. The lowest BCUT2D eigenvalue weighted by Gasteiger charge is -2.18. The largest absolute Gasteiger partial charge is 0.480 e. The van der Waals surface area contributed by atoms with Gasteiger partial charge in [-0.2, -0.15) is 0 Å². The molecule has 0 aliphatic rings. The predicted octanol–water partition coefficient (Wildman–Crippen LogP) is 11.3. The highest BCUT2D eigenvalue weighted by Crippen LogP contribution is 2.18. The quantitative estimate of drug-likeness (QED) is 0.0339. The van der Waals surface area contributed by atoms with Gasteiger partial charge < -0.3 is 20.9 Å². The van der Waals surface area contributed by atoms with E-state index in [1.807, 2.05) is 0 Å². The number of carboxylic acids is 1. The Morgan fingerprint density at radius 3 is 1.59 bits per heavy atom. The second-order valence-electron chi connectivity index (χ2n) is 14.1. The molecule has 0 saturated carbocycles. The molecule has 0 radical (unpaired) electrons. The monoisotopic (exact) mass is 691 g/mol. The number of carboxylic acid groups (broad SMARTS) is 1. The second kappa shape index (κ2) is 37.1. The first-order valence-electron chi connectivity index (χ1n) is 20.7. The standard InChI is InChI=1S/C42H78N2O5/c1-3-5-7-9-11-13-14-15-16-17-18-19-20-23-27-32-38(49-41(46)36-30-26-21-12-10-8-6-4-2)33-28-24-22-25-29-35-40(45)44-39(42(47)48)34-31-37-43/h14-15,17-18,38-39H,3-13,16,19-37,43H2,1-2H3,(H,44,45)(H,47,48)/b15-14-,18-17-. The van der Waals surface area contributed by atoms with Crippen LogP contribution in [0.15, 0.2) is 24.3 Å². The number of hydrogen-bond donors (Lipinski definition) is 3. The Hall–Kier alpha value is -2.15. The van der Waals surface area contributed by atoms with Crippen LogP contribution >= 0.6 is 0 Å². The van der Waals surface area contributed by atoms with Crippen molar-refractivity contribution in [3.8, 4) is 0 Å². The predicted molar refractivity (Wildman–Crippen MR) is 207 cm³/mol. The fourth-order valence-corrected chi connectivity index (χ4v) is 6.13. The van der Waals surface area contributed by atoms with Crippen LogP contribution in [-0.2, 0) is 19.1 Å². The van der Waals surface area contributed by atoms with Gasteiger partial charge in [-0.3, -0.25) is 9.59 Å². The first-order valence-corrected chi connectivity index (χ1v) is 20.7. The fourth-order valence-electron chi connectivity index (χ4n) is 6.13. The van der Waals surface area contributed by atoms with Gasteiger partial charge in [-0.05, 0) is 90.0 Å². The molecule has 0 aromatic rings. The van der Waals surface area contributed by atoms with Crippen LogP contribution in [0.5, 0.6) is 0 Å². The van der Waals surface area contributed by atoms with Crippen LogP contribution in [-0.4, -0.2) is 41.6 Å². The van der Waals surface area contributed by atoms with Gasteiger partial charge in [0.15, 0.2) is 0 Å². The van der Waals surface area contributed by atoms with Crippen molar-refractivity contribution < 1.29 is 24.2 Å². The van der Waals surface area contributed by atoms with Gasteiger partial charge in [0.1, 0.15) is 12.1 Å². The van der Waals surface area contributed by atoms with Gasteiger partial charge in [-0.25, -0.2) is 4.79 Å². The normalized spacial score (nSPS) is 12.9. The van der Waals surface area contributed by atoms with E-state index >= 15 is 0 Å². The maximum Gasteiger partial charge on any atom is 0.326 e. The molecular weight excluding hydrogens is 612 g/mol. The number of carbonyl (C=O) groups is 3. The Bertz CT molecular complexity index is 828. The van der Waals surface area contributed by atoms with Gasteiger partial charge in [-0.1, -0.05) is 134 Å². The molecule has 0 fully saturated rings. The zero-order valence-corrected chi connectivity index (χ0v) is 32.0. The summed E-state index contributed by atoms with van der Waals surface area (Å²) in [5.41, 5.74) is 5.48. The third kappa shape index (κ3) is 34.1. The zero-order chi connectivity index (χ0) is 36.0. The molecule has 7 heteroatoms. The van der Waals surface area contributed by atoms with Gasteiger partial charge in [0, 0.05) is 12.8 Å². The van der Waals surface area contributed by atoms with Crippen LogP contribution in [0.4, 0.5) is 0 Å². The molecule has 0 aliphatic heterocycles. The van der Waals surface area contributed by atoms with Crippen molar-refractivity contribution in [3.63, 3.8) is 0 Å². The summed E-state index contributed by atoms with van der Waals surface area (Å²) < 4.78 is 6.00. The van der Waals surface area contributed by atoms with Gasteiger partial charge in [0.25, 0.3) is 0 Å². The number of nitrogens with two attached hydrogens (primary N) is 1. The summed E-state index contributed by atoms with van der Waals surface area (Å²) >= 11 is 0. The highest BCUT2D eigenvalue weighted by molar-refractivity contribution is 5.83. The Morgan fingerprint density at radius 1 is 0.592 bits per heavy atom. The highest BCUT2D eigenvalue weighted by atomic mass is 16.5. The summed E-state index contributed by atoms with van der Waals surface area (Å²) in [4.78, 5) is 36.2. The number of amides is 1. The molecule has 4 N–H and O–H groups in total. The zero-order valence-electron chi connectivity index (χ0n) is 32.0. The van der Waals surface area contributed by atoms with Crippen LogP contribution < -0.4 is 11.1 Å². The van der Waals surface area contributed by atoms with Gasteiger partial charge in [0.05, 0.1) is 0 Å². The van der Waals surface area contributed by atoms with Crippen molar-refractivity contribution in [2.45, 2.75) is 219 Å². The minimum atomic E-state index is -1.01. The number of unbranched alkanes of at least 4 members (excludes halogenated alkanes) is 19. The van der Waals surface area contributed by atoms with Crippen molar-refractivity contribution >= 4 is 17.8 Å². The molecular formula is C42H78N2O5. The lowest BCUT2D eigenvalue weighted by atomic mass is 10.0. The third-order valence-electron chi connectivity index (χ3n) is 9.27. The molecule has 0 spiro atoms. The average Bonchev–Trinajstić information content (AvgIpc) is 3.08. The Balaban J connectivity index is 4.35. The van der Waals surface area contributed by atoms with E-state index in [9.17, 15) is 19.5 Å². The lowest BCUT2D eigenvalue weighted by Crippen LogP contribution is -2.40. The Morgan fingerprint density at radius 2 is 1.06 bits per heavy atom. The number of ether oxygens (including phenoxy) is 1. The number of aliphatic carboxylic acids is 1. The SMILES string of the molecule is CCCCCCC/C=C\C/C=C\CCCCCC(CCCCCCCC(=O)NC(CCCN)C(=O)O)OC(=O)CCCCCCCCCC. The first kappa shape index (κ1) is 46.9. The van der Waals surface area contributed by atoms with Crippen LogP contribution in [0.2, 0.25) is 0 Å². The smallest absolute Gasteiger partial charge is 0.326 e. The maximum atomic E-state index is 12.7.